The summed E-state index contributed by atoms with van der Waals surface area (Å²) in [6.07, 6.45) is 7.87. The third kappa shape index (κ3) is 8.60. The Bertz CT molecular complexity index is 2420. The fourth-order valence-electron chi connectivity index (χ4n) is 8.56. The average molecular weight is 918 g/mol. The van der Waals surface area contributed by atoms with Gasteiger partial charge in [-0.1, -0.05) is 101 Å². The van der Waals surface area contributed by atoms with Crippen LogP contribution in [0.2, 0.25) is 0 Å². The van der Waals surface area contributed by atoms with Gasteiger partial charge in [0.15, 0.2) is 0 Å². The van der Waals surface area contributed by atoms with Crippen LogP contribution in [0.4, 0.5) is 0 Å². The summed E-state index contributed by atoms with van der Waals surface area (Å²) in [5.41, 5.74) is 16.6. The molecule has 0 N–H and O–H groups in total. The Morgan fingerprint density at radius 2 is 1.36 bits per heavy atom. The first-order valence-electron chi connectivity index (χ1n) is 20.1. The number of benzene rings is 3. The molecule has 291 valence electrons. The van der Waals surface area contributed by atoms with Crippen LogP contribution in [0.5, 0.6) is 0 Å². The van der Waals surface area contributed by atoms with E-state index >= 15 is 0 Å². The minimum Gasteiger partial charge on any atom is -0.486 e. The molecule has 1 fully saturated rings. The van der Waals surface area contributed by atoms with Crippen LogP contribution in [0.3, 0.4) is 0 Å². The Balaban J connectivity index is 0.000000279. The van der Waals surface area contributed by atoms with Gasteiger partial charge in [-0.3, -0.25) is 0 Å². The molecule has 7 aromatic rings. The fraction of sp³-hybridized carbons (Fsp3) is 0.353. The van der Waals surface area contributed by atoms with E-state index < -0.39 is 0 Å². The first-order chi connectivity index (χ1) is 26.4. The normalized spacial score (nSPS) is 16.9. The van der Waals surface area contributed by atoms with Gasteiger partial charge in [-0.2, -0.15) is 0 Å². The van der Waals surface area contributed by atoms with Crippen LogP contribution in [0.1, 0.15) is 118 Å². The van der Waals surface area contributed by atoms with E-state index in [-0.39, 0.29) is 20.1 Å². The maximum Gasteiger partial charge on any atom is 0.216 e. The molecule has 2 unspecified atom stereocenters. The Hall–Kier alpha value is -4.44. The summed E-state index contributed by atoms with van der Waals surface area (Å²) in [5.74, 6) is 2.94. The van der Waals surface area contributed by atoms with E-state index in [0.717, 1.165) is 56.4 Å². The number of hydrogen-bond donors (Lipinski definition) is 0. The minimum absolute atomic E-state index is 0. The van der Waals surface area contributed by atoms with Gasteiger partial charge in [-0.15, -0.1) is 53.6 Å². The van der Waals surface area contributed by atoms with Crippen molar-refractivity contribution in [1.29, 1.82) is 0 Å². The van der Waals surface area contributed by atoms with Gasteiger partial charge in [0.1, 0.15) is 0 Å². The molecule has 0 aliphatic heterocycles. The van der Waals surface area contributed by atoms with Crippen molar-refractivity contribution in [3.05, 3.63) is 136 Å². The molecule has 4 aromatic heterocycles. The van der Waals surface area contributed by atoms with Gasteiger partial charge in [0.25, 0.3) is 0 Å². The predicted molar refractivity (Wildman–Crippen MR) is 230 cm³/mol. The second kappa shape index (κ2) is 17.4. The second-order valence-corrected chi connectivity index (χ2v) is 16.8. The van der Waals surface area contributed by atoms with Gasteiger partial charge in [0.2, 0.25) is 5.71 Å². The van der Waals surface area contributed by atoms with Crippen LogP contribution < -0.4 is 0 Å². The number of rotatable bonds is 6. The van der Waals surface area contributed by atoms with E-state index in [1.807, 2.05) is 18.3 Å². The molecule has 4 nitrogen and oxygen atoms in total. The molecular weight excluding hydrogens is 863 g/mol. The van der Waals surface area contributed by atoms with Crippen LogP contribution in [0, 0.1) is 51.7 Å². The summed E-state index contributed by atoms with van der Waals surface area (Å²) in [4.78, 5) is 14.5. The molecule has 1 radical (unpaired) electrons. The molecule has 0 amide bonds. The Morgan fingerprint density at radius 3 is 1.98 bits per heavy atom. The van der Waals surface area contributed by atoms with E-state index in [4.69, 9.17) is 14.4 Å². The van der Waals surface area contributed by atoms with Gasteiger partial charge in [-0.25, -0.2) is 4.98 Å². The zero-order chi connectivity index (χ0) is 39.0. The number of hydrogen-bond acceptors (Lipinski definition) is 4. The van der Waals surface area contributed by atoms with E-state index in [2.05, 4.69) is 153 Å². The van der Waals surface area contributed by atoms with Crippen molar-refractivity contribution in [3.8, 4) is 33.8 Å². The van der Waals surface area contributed by atoms with Crippen LogP contribution in [-0.2, 0) is 20.1 Å². The molecule has 2 atom stereocenters. The molecule has 0 bridgehead atoms. The standard InChI is InChI=1S/C37H41N2O.C14H14N.Ir/c1-21(2)27-10-8-11-28(22(3)4)35(27)33-15-14-30-29-12-9-13-31(36(29)40-37(30)39-33)34-19-25(7)32(20-38-34)26-17-23(5)16-24(6)18-26;1-10-4-6-13(7-5-10)14-8-11(2)12(3)9-15-14;/h8-12,14-15,19-24,26H,16-18H2,1-7H3;4-6,8-9H,1-3H3;/q2*-1;. The summed E-state index contributed by atoms with van der Waals surface area (Å²) in [6, 6.07) is 32.2. The molecule has 56 heavy (non-hydrogen) atoms. The quantitative estimate of drug-likeness (QED) is 0.156. The molecule has 1 aliphatic carbocycles. The first kappa shape index (κ1) is 41.2. The predicted octanol–water partition coefficient (Wildman–Crippen LogP) is 14.1. The van der Waals surface area contributed by atoms with Gasteiger partial charge in [0.05, 0.1) is 11.3 Å². The van der Waals surface area contributed by atoms with Crippen molar-refractivity contribution in [2.75, 3.05) is 0 Å². The Labute approximate surface area is 348 Å². The summed E-state index contributed by atoms with van der Waals surface area (Å²) in [6.45, 7) is 22.3. The van der Waals surface area contributed by atoms with Crippen molar-refractivity contribution in [3.63, 3.8) is 0 Å². The zero-order valence-corrected chi connectivity index (χ0v) is 37.1. The minimum atomic E-state index is 0. The molecule has 0 spiro atoms. The van der Waals surface area contributed by atoms with Gasteiger partial charge >= 0.3 is 0 Å². The third-order valence-corrected chi connectivity index (χ3v) is 11.6. The molecule has 1 aliphatic rings. The monoisotopic (exact) mass is 918 g/mol. The van der Waals surface area contributed by atoms with Crippen molar-refractivity contribution in [2.45, 2.75) is 106 Å². The molecule has 8 rings (SSSR count). The molecule has 1 saturated carbocycles. The number of fused-ring (bicyclic) bond motifs is 3. The molecule has 4 heterocycles. The van der Waals surface area contributed by atoms with Crippen LogP contribution in [0.25, 0.3) is 55.8 Å². The van der Waals surface area contributed by atoms with Crippen molar-refractivity contribution in [2.24, 2.45) is 11.8 Å². The maximum absolute atomic E-state index is 6.53. The SMILES string of the molecule is Cc1c[c-]c(-c2cc(C)c(C)cn2)cc1.Cc1cc(-c2[c-]ccc3c2oc2nc(-c4c(C(C)C)cccc4C(C)C)ccc23)ncc1C1CC(C)CC(C)C1.[Ir]. The summed E-state index contributed by atoms with van der Waals surface area (Å²) >= 11 is 0. The topological polar surface area (TPSA) is 51.8 Å². The van der Waals surface area contributed by atoms with E-state index in [9.17, 15) is 0 Å². The fourth-order valence-corrected chi connectivity index (χ4v) is 8.56. The number of aromatic nitrogens is 3. The van der Waals surface area contributed by atoms with E-state index in [1.54, 1.807) is 0 Å². The maximum atomic E-state index is 6.53. The first-order valence-corrected chi connectivity index (χ1v) is 20.1. The van der Waals surface area contributed by atoms with Crippen molar-refractivity contribution in [1.82, 2.24) is 15.0 Å². The summed E-state index contributed by atoms with van der Waals surface area (Å²) in [5, 5.41) is 2.09. The van der Waals surface area contributed by atoms with Gasteiger partial charge in [-0.05, 0) is 115 Å². The van der Waals surface area contributed by atoms with Crippen molar-refractivity contribution >= 4 is 22.1 Å². The van der Waals surface area contributed by atoms with Gasteiger partial charge in [0, 0.05) is 43.4 Å². The molecule has 3 aromatic carbocycles. The van der Waals surface area contributed by atoms with E-state index in [0.29, 0.717) is 23.5 Å². The molecule has 5 heteroatoms. The zero-order valence-electron chi connectivity index (χ0n) is 34.7. The van der Waals surface area contributed by atoms with Crippen LogP contribution in [0.15, 0.2) is 89.6 Å². The summed E-state index contributed by atoms with van der Waals surface area (Å²) < 4.78 is 6.53. The van der Waals surface area contributed by atoms with Crippen LogP contribution in [-0.4, -0.2) is 15.0 Å². The Kier molecular flexibility index (Phi) is 12.8. The third-order valence-electron chi connectivity index (χ3n) is 11.6. The second-order valence-electron chi connectivity index (χ2n) is 16.8. The average Bonchev–Trinajstić information content (AvgIpc) is 3.54. The number of aryl methyl sites for hydroxylation is 4. The number of furan rings is 1. The number of nitrogens with zero attached hydrogens (tertiary/aromatic N) is 3. The Morgan fingerprint density at radius 1 is 0.679 bits per heavy atom. The largest absolute Gasteiger partial charge is 0.486 e. The molecular formula is C51H55IrN3O-2. The smallest absolute Gasteiger partial charge is 0.216 e. The van der Waals surface area contributed by atoms with Gasteiger partial charge < -0.3 is 14.4 Å². The summed E-state index contributed by atoms with van der Waals surface area (Å²) in [7, 11) is 0. The van der Waals surface area contributed by atoms with E-state index in [1.165, 1.54) is 63.8 Å². The van der Waals surface area contributed by atoms with Crippen LogP contribution >= 0.6 is 0 Å². The molecule has 0 saturated heterocycles. The number of pyridine rings is 3. The van der Waals surface area contributed by atoms with Crippen molar-refractivity contribution < 1.29 is 24.5 Å².